The predicted molar refractivity (Wildman–Crippen MR) is 126 cm³/mol. The van der Waals surface area contributed by atoms with Gasteiger partial charge in [0, 0.05) is 13.1 Å². The molecule has 0 amide bonds. The minimum atomic E-state index is 1.07. The van der Waals surface area contributed by atoms with Crippen LogP contribution < -0.4 is 0 Å². The number of benzene rings is 1. The maximum absolute atomic E-state index is 2.47. The third-order valence-corrected chi connectivity index (χ3v) is 5.71. The van der Waals surface area contributed by atoms with Crippen LogP contribution in [0.25, 0.3) is 0 Å². The first-order chi connectivity index (χ1) is 13.7. The highest BCUT2D eigenvalue weighted by Gasteiger charge is 2.03. The molecule has 0 aliphatic carbocycles. The lowest BCUT2D eigenvalue weighted by Gasteiger charge is -2.18. The second kappa shape index (κ2) is 17.0. The van der Waals surface area contributed by atoms with Crippen LogP contribution in [0.2, 0.25) is 0 Å². The van der Waals surface area contributed by atoms with Crippen molar-refractivity contribution in [3.8, 4) is 0 Å². The molecule has 0 bridgehead atoms. The average Bonchev–Trinajstić information content (AvgIpc) is 2.69. The molecule has 1 rings (SSSR count). The van der Waals surface area contributed by atoms with Gasteiger partial charge in [-0.1, -0.05) is 102 Å². The van der Waals surface area contributed by atoms with Gasteiger partial charge in [-0.05, 0) is 51.2 Å². The smallest absolute Gasteiger partial charge is 0.0230 e. The molecule has 0 N–H and O–H groups in total. The third kappa shape index (κ3) is 13.3. The number of hydrogen-bond acceptors (Lipinski definition) is 2. The summed E-state index contributed by atoms with van der Waals surface area (Å²) in [4.78, 5) is 4.94. The van der Waals surface area contributed by atoms with E-state index in [-0.39, 0.29) is 0 Å². The van der Waals surface area contributed by atoms with Crippen molar-refractivity contribution in [2.45, 2.75) is 104 Å². The highest BCUT2D eigenvalue weighted by atomic mass is 15.1. The fraction of sp³-hybridized carbons (Fsp3) is 0.769. The van der Waals surface area contributed by atoms with Gasteiger partial charge in [0.25, 0.3) is 0 Å². The van der Waals surface area contributed by atoms with E-state index in [4.69, 9.17) is 0 Å². The van der Waals surface area contributed by atoms with E-state index in [0.717, 1.165) is 13.1 Å². The van der Waals surface area contributed by atoms with Crippen molar-refractivity contribution >= 4 is 0 Å². The summed E-state index contributed by atoms with van der Waals surface area (Å²) in [7, 11) is 4.52. The van der Waals surface area contributed by atoms with E-state index in [9.17, 15) is 0 Å². The van der Waals surface area contributed by atoms with Gasteiger partial charge in [0.1, 0.15) is 0 Å². The van der Waals surface area contributed by atoms with Crippen LogP contribution in [0.5, 0.6) is 0 Å². The predicted octanol–water partition coefficient (Wildman–Crippen LogP) is 7.27. The summed E-state index contributed by atoms with van der Waals surface area (Å²) in [6.07, 6.45) is 16.5. The summed E-state index contributed by atoms with van der Waals surface area (Å²) < 4.78 is 0. The molecular weight excluding hydrogens is 340 g/mol. The van der Waals surface area contributed by atoms with E-state index in [2.05, 4.69) is 62.0 Å². The molecule has 0 aromatic heterocycles. The minimum absolute atomic E-state index is 1.07. The Bertz CT molecular complexity index is 411. The van der Waals surface area contributed by atoms with E-state index < -0.39 is 0 Å². The second-order valence-electron chi connectivity index (χ2n) is 8.83. The Labute approximate surface area is 176 Å². The van der Waals surface area contributed by atoms with Crippen molar-refractivity contribution in [2.75, 3.05) is 27.2 Å². The molecular formula is C26H48N2. The summed E-state index contributed by atoms with van der Waals surface area (Å²) in [6, 6.07) is 9.30. The lowest BCUT2D eigenvalue weighted by molar-refractivity contribution is 0.314. The first kappa shape index (κ1) is 25.2. The van der Waals surface area contributed by atoms with Gasteiger partial charge in [-0.25, -0.2) is 0 Å². The number of unbranched alkanes of at least 4 members (excludes halogenated alkanes) is 10. The van der Waals surface area contributed by atoms with E-state index in [1.54, 1.807) is 0 Å². The van der Waals surface area contributed by atoms with Crippen molar-refractivity contribution in [3.63, 3.8) is 0 Å². The normalized spacial score (nSPS) is 11.6. The Kier molecular flexibility index (Phi) is 15.3. The second-order valence-corrected chi connectivity index (χ2v) is 8.83. The van der Waals surface area contributed by atoms with E-state index in [1.165, 1.54) is 101 Å². The maximum Gasteiger partial charge on any atom is 0.0230 e. The van der Waals surface area contributed by atoms with Gasteiger partial charge in [0.2, 0.25) is 0 Å². The molecule has 0 spiro atoms. The molecule has 0 aliphatic heterocycles. The van der Waals surface area contributed by atoms with Crippen molar-refractivity contribution in [1.82, 2.24) is 9.80 Å². The van der Waals surface area contributed by atoms with Gasteiger partial charge in [0.05, 0.1) is 0 Å². The summed E-state index contributed by atoms with van der Waals surface area (Å²) in [5.74, 6) is 0. The van der Waals surface area contributed by atoms with Crippen molar-refractivity contribution < 1.29 is 0 Å². The molecule has 0 saturated carbocycles. The van der Waals surface area contributed by atoms with Crippen LogP contribution in [0, 0.1) is 0 Å². The molecule has 0 heterocycles. The fourth-order valence-corrected chi connectivity index (χ4v) is 3.86. The molecule has 0 unspecified atom stereocenters. The van der Waals surface area contributed by atoms with E-state index >= 15 is 0 Å². The van der Waals surface area contributed by atoms with Crippen LogP contribution in [0.1, 0.15) is 102 Å². The lowest BCUT2D eigenvalue weighted by Crippen LogP contribution is -2.20. The molecule has 162 valence electrons. The summed E-state index contributed by atoms with van der Waals surface area (Å²) >= 11 is 0. The van der Waals surface area contributed by atoms with Crippen molar-refractivity contribution in [3.05, 3.63) is 35.4 Å². The molecule has 1 aromatic carbocycles. The Morgan fingerprint density at radius 1 is 0.500 bits per heavy atom. The minimum Gasteiger partial charge on any atom is -0.302 e. The number of nitrogens with zero attached hydrogens (tertiary/aromatic N) is 2. The van der Waals surface area contributed by atoms with Gasteiger partial charge < -0.3 is 9.80 Å². The van der Waals surface area contributed by atoms with Crippen LogP contribution in [0.15, 0.2) is 24.3 Å². The monoisotopic (exact) mass is 388 g/mol. The maximum atomic E-state index is 2.47. The SMILES string of the molecule is CCCCCCCCN(C)Cc1ccc(CN(C)CCCCCCCC)cc1. The molecule has 0 fully saturated rings. The highest BCUT2D eigenvalue weighted by molar-refractivity contribution is 5.22. The topological polar surface area (TPSA) is 6.48 Å². The van der Waals surface area contributed by atoms with Gasteiger partial charge >= 0.3 is 0 Å². The standard InChI is InChI=1S/C26H48N2/c1-5-7-9-11-13-15-21-27(3)23-25-17-19-26(20-18-25)24-28(4)22-16-14-12-10-8-6-2/h17-20H,5-16,21-24H2,1-4H3. The summed E-state index contributed by atoms with van der Waals surface area (Å²) in [6.45, 7) is 9.15. The Hall–Kier alpha value is -0.860. The molecule has 2 heteroatoms. The van der Waals surface area contributed by atoms with E-state index in [0.29, 0.717) is 0 Å². The quantitative estimate of drug-likeness (QED) is 0.244. The molecule has 1 aromatic rings. The van der Waals surface area contributed by atoms with Crippen molar-refractivity contribution in [1.29, 1.82) is 0 Å². The molecule has 0 aliphatic rings. The fourth-order valence-electron chi connectivity index (χ4n) is 3.86. The zero-order valence-corrected chi connectivity index (χ0v) is 19.5. The zero-order chi connectivity index (χ0) is 20.5. The van der Waals surface area contributed by atoms with Crippen LogP contribution in [-0.4, -0.2) is 37.0 Å². The Balaban J connectivity index is 2.16. The number of rotatable bonds is 18. The number of hydrogen-bond donors (Lipinski definition) is 0. The first-order valence-electron chi connectivity index (χ1n) is 12.1. The van der Waals surface area contributed by atoms with Gasteiger partial charge in [-0.15, -0.1) is 0 Å². The summed E-state index contributed by atoms with van der Waals surface area (Å²) in [5, 5.41) is 0. The zero-order valence-electron chi connectivity index (χ0n) is 19.5. The molecule has 0 saturated heterocycles. The first-order valence-corrected chi connectivity index (χ1v) is 12.1. The molecule has 0 radical (unpaired) electrons. The third-order valence-electron chi connectivity index (χ3n) is 5.71. The van der Waals surface area contributed by atoms with Crippen LogP contribution in [0.4, 0.5) is 0 Å². The van der Waals surface area contributed by atoms with Crippen molar-refractivity contribution in [2.24, 2.45) is 0 Å². The largest absolute Gasteiger partial charge is 0.302 e. The molecule has 28 heavy (non-hydrogen) atoms. The Morgan fingerprint density at radius 2 is 0.821 bits per heavy atom. The van der Waals surface area contributed by atoms with Crippen LogP contribution in [-0.2, 0) is 13.1 Å². The highest BCUT2D eigenvalue weighted by Crippen LogP contribution is 2.11. The molecule has 0 atom stereocenters. The average molecular weight is 389 g/mol. The van der Waals surface area contributed by atoms with E-state index in [1.807, 2.05) is 0 Å². The van der Waals surface area contributed by atoms with Crippen LogP contribution >= 0.6 is 0 Å². The molecule has 2 nitrogen and oxygen atoms in total. The summed E-state index contributed by atoms with van der Waals surface area (Å²) in [5.41, 5.74) is 2.88. The lowest BCUT2D eigenvalue weighted by atomic mass is 10.1. The van der Waals surface area contributed by atoms with Crippen LogP contribution in [0.3, 0.4) is 0 Å². The Morgan fingerprint density at radius 3 is 1.18 bits per heavy atom. The van der Waals surface area contributed by atoms with Gasteiger partial charge in [-0.3, -0.25) is 0 Å². The van der Waals surface area contributed by atoms with Gasteiger partial charge in [-0.2, -0.15) is 0 Å². The van der Waals surface area contributed by atoms with Gasteiger partial charge in [0.15, 0.2) is 0 Å².